The van der Waals surface area contributed by atoms with Gasteiger partial charge < -0.3 is 0 Å². The molecule has 170 valence electrons. The van der Waals surface area contributed by atoms with E-state index in [0.717, 1.165) is 18.4 Å². The topological polar surface area (TPSA) is 0 Å². The monoisotopic (exact) mass is 462 g/mol. The zero-order valence-corrected chi connectivity index (χ0v) is 18.2. The average molecular weight is 462 g/mol. The second-order valence-corrected chi connectivity index (χ2v) is 7.79. The molecule has 0 heterocycles. The fourth-order valence-electron chi connectivity index (χ4n) is 3.71. The lowest BCUT2D eigenvalue weighted by Crippen LogP contribution is -1.94. The smallest absolute Gasteiger partial charge is 0.194 e. The lowest BCUT2D eigenvalue weighted by molar-refractivity contribution is 0.446. The standard InChI is InChI=1S/C29H19F5/c1-2-5-18-8-10-19(11-9-18)12-13-20-14-15-24(23-7-4-3-6-22(20)23)28(33)27(32)21-16-25(30)29(34)26(31)17-21/h3-4,6-11,14-17H,2,5H2,1H3/b28-27+. The van der Waals surface area contributed by atoms with E-state index >= 15 is 4.39 Å². The molecule has 0 nitrogen and oxygen atoms in total. The molecule has 4 aromatic rings. The van der Waals surface area contributed by atoms with E-state index in [1.807, 2.05) is 24.3 Å². The van der Waals surface area contributed by atoms with Crippen molar-refractivity contribution in [1.29, 1.82) is 0 Å². The first kappa shape index (κ1) is 23.3. The quantitative estimate of drug-likeness (QED) is 0.124. The summed E-state index contributed by atoms with van der Waals surface area (Å²) in [6, 6.07) is 18.4. The summed E-state index contributed by atoms with van der Waals surface area (Å²) in [5, 5.41) is 0.970. The van der Waals surface area contributed by atoms with Gasteiger partial charge in [-0.05, 0) is 53.1 Å². The van der Waals surface area contributed by atoms with Crippen LogP contribution < -0.4 is 0 Å². The van der Waals surface area contributed by atoms with Gasteiger partial charge in [0.05, 0.1) is 0 Å². The van der Waals surface area contributed by atoms with Crippen LogP contribution >= 0.6 is 0 Å². The van der Waals surface area contributed by atoms with Gasteiger partial charge in [-0.15, -0.1) is 0 Å². The van der Waals surface area contributed by atoms with Crippen LogP contribution in [0, 0.1) is 29.3 Å². The number of aryl methyl sites for hydroxylation is 1. The minimum absolute atomic E-state index is 0.104. The van der Waals surface area contributed by atoms with Crippen molar-refractivity contribution in [2.75, 3.05) is 0 Å². The third-order valence-corrected chi connectivity index (χ3v) is 5.42. The van der Waals surface area contributed by atoms with E-state index in [-0.39, 0.29) is 5.56 Å². The highest BCUT2D eigenvalue weighted by Gasteiger charge is 2.19. The third-order valence-electron chi connectivity index (χ3n) is 5.42. The molecule has 0 N–H and O–H groups in total. The SMILES string of the molecule is CCCc1ccc(C#Cc2ccc(/C(F)=C(\F)c3cc(F)c(F)c(F)c3)c3ccccc23)cc1. The molecule has 4 aromatic carbocycles. The summed E-state index contributed by atoms with van der Waals surface area (Å²) in [5.74, 6) is -1.58. The van der Waals surface area contributed by atoms with Crippen LogP contribution in [0.4, 0.5) is 22.0 Å². The van der Waals surface area contributed by atoms with Gasteiger partial charge in [-0.2, -0.15) is 0 Å². The zero-order chi connectivity index (χ0) is 24.2. The molecular weight excluding hydrogens is 443 g/mol. The number of fused-ring (bicyclic) bond motifs is 1. The average Bonchev–Trinajstić information content (AvgIpc) is 2.85. The van der Waals surface area contributed by atoms with Crippen LogP contribution in [0.2, 0.25) is 0 Å². The normalized spacial score (nSPS) is 11.7. The van der Waals surface area contributed by atoms with Gasteiger partial charge in [0.15, 0.2) is 29.1 Å². The lowest BCUT2D eigenvalue weighted by atomic mass is 9.97. The Morgan fingerprint density at radius 2 is 1.38 bits per heavy atom. The number of hydrogen-bond acceptors (Lipinski definition) is 0. The van der Waals surface area contributed by atoms with E-state index in [4.69, 9.17) is 0 Å². The lowest BCUT2D eigenvalue weighted by Gasteiger charge is -2.09. The summed E-state index contributed by atoms with van der Waals surface area (Å²) < 4.78 is 70.2. The first-order valence-electron chi connectivity index (χ1n) is 10.7. The summed E-state index contributed by atoms with van der Waals surface area (Å²) in [6.07, 6.45) is 2.05. The van der Waals surface area contributed by atoms with Gasteiger partial charge in [0, 0.05) is 22.3 Å². The molecule has 0 spiro atoms. The molecule has 0 bridgehead atoms. The van der Waals surface area contributed by atoms with Crippen molar-refractivity contribution in [3.05, 3.63) is 118 Å². The maximum Gasteiger partial charge on any atom is 0.194 e. The molecule has 0 aliphatic rings. The van der Waals surface area contributed by atoms with Crippen LogP contribution in [-0.4, -0.2) is 0 Å². The zero-order valence-electron chi connectivity index (χ0n) is 18.2. The predicted octanol–water partition coefficient (Wildman–Crippen LogP) is 8.37. The number of rotatable bonds is 4. The van der Waals surface area contributed by atoms with Gasteiger partial charge in [-0.1, -0.05) is 67.6 Å². The van der Waals surface area contributed by atoms with Crippen LogP contribution in [0.3, 0.4) is 0 Å². The van der Waals surface area contributed by atoms with Crippen molar-refractivity contribution in [3.63, 3.8) is 0 Å². The van der Waals surface area contributed by atoms with E-state index in [9.17, 15) is 17.6 Å². The fourth-order valence-corrected chi connectivity index (χ4v) is 3.71. The minimum atomic E-state index is -1.75. The van der Waals surface area contributed by atoms with Crippen molar-refractivity contribution >= 4 is 22.4 Å². The highest BCUT2D eigenvalue weighted by atomic mass is 19.2. The Morgan fingerprint density at radius 1 is 0.735 bits per heavy atom. The highest BCUT2D eigenvalue weighted by Crippen LogP contribution is 2.35. The second kappa shape index (κ2) is 9.93. The molecule has 34 heavy (non-hydrogen) atoms. The van der Waals surface area contributed by atoms with Gasteiger partial charge in [-0.25, -0.2) is 22.0 Å². The predicted molar refractivity (Wildman–Crippen MR) is 126 cm³/mol. The van der Waals surface area contributed by atoms with Crippen molar-refractivity contribution in [2.45, 2.75) is 19.8 Å². The van der Waals surface area contributed by atoms with Crippen molar-refractivity contribution < 1.29 is 22.0 Å². The van der Waals surface area contributed by atoms with Gasteiger partial charge >= 0.3 is 0 Å². The summed E-state index contributed by atoms with van der Waals surface area (Å²) in [6.45, 7) is 2.11. The Morgan fingerprint density at radius 3 is 2.03 bits per heavy atom. The van der Waals surface area contributed by atoms with Gasteiger partial charge in [0.2, 0.25) is 0 Å². The highest BCUT2D eigenvalue weighted by molar-refractivity contribution is 6.00. The van der Waals surface area contributed by atoms with Gasteiger partial charge in [0.25, 0.3) is 0 Å². The second-order valence-electron chi connectivity index (χ2n) is 7.79. The molecule has 0 atom stereocenters. The van der Waals surface area contributed by atoms with Crippen molar-refractivity contribution in [2.24, 2.45) is 0 Å². The number of halogens is 5. The van der Waals surface area contributed by atoms with Crippen LogP contribution in [0.25, 0.3) is 22.4 Å². The van der Waals surface area contributed by atoms with Crippen LogP contribution in [-0.2, 0) is 6.42 Å². The summed E-state index contributed by atoms with van der Waals surface area (Å²) in [5.41, 5.74) is 1.84. The molecule has 0 saturated carbocycles. The van der Waals surface area contributed by atoms with E-state index in [1.165, 1.54) is 11.6 Å². The van der Waals surface area contributed by atoms with Crippen molar-refractivity contribution in [3.8, 4) is 11.8 Å². The minimum Gasteiger partial charge on any atom is -0.204 e. The van der Waals surface area contributed by atoms with E-state index in [2.05, 4.69) is 18.8 Å². The van der Waals surface area contributed by atoms with E-state index in [0.29, 0.717) is 28.5 Å². The molecule has 0 aromatic heterocycles. The van der Waals surface area contributed by atoms with Gasteiger partial charge in [0.1, 0.15) is 0 Å². The molecule has 0 saturated heterocycles. The van der Waals surface area contributed by atoms with E-state index in [1.54, 1.807) is 30.3 Å². The molecule has 0 unspecified atom stereocenters. The first-order valence-corrected chi connectivity index (χ1v) is 10.7. The Kier molecular flexibility index (Phi) is 6.79. The molecule has 4 rings (SSSR count). The largest absolute Gasteiger partial charge is 0.204 e. The van der Waals surface area contributed by atoms with Crippen LogP contribution in [0.5, 0.6) is 0 Å². The molecular formula is C29H19F5. The number of hydrogen-bond donors (Lipinski definition) is 0. The Labute approximate surface area is 194 Å². The van der Waals surface area contributed by atoms with E-state index < -0.39 is 34.7 Å². The molecule has 5 heteroatoms. The Bertz CT molecular complexity index is 1430. The van der Waals surface area contributed by atoms with Crippen LogP contribution in [0.1, 0.15) is 41.2 Å². The molecule has 0 radical (unpaired) electrons. The third kappa shape index (κ3) is 4.72. The van der Waals surface area contributed by atoms with Crippen LogP contribution in [0.15, 0.2) is 72.8 Å². The fraction of sp³-hybridized carbons (Fsp3) is 0.103. The Balaban J connectivity index is 1.76. The first-order chi connectivity index (χ1) is 16.4. The molecule has 0 fully saturated rings. The summed E-state index contributed by atoms with van der Waals surface area (Å²) in [4.78, 5) is 0. The molecule has 0 amide bonds. The summed E-state index contributed by atoms with van der Waals surface area (Å²) >= 11 is 0. The van der Waals surface area contributed by atoms with Gasteiger partial charge in [-0.3, -0.25) is 0 Å². The van der Waals surface area contributed by atoms with Crippen molar-refractivity contribution in [1.82, 2.24) is 0 Å². The maximum atomic E-state index is 15.1. The Hall–Kier alpha value is -3.91. The molecule has 0 aliphatic heterocycles. The number of benzene rings is 4. The summed E-state index contributed by atoms with van der Waals surface area (Å²) in [7, 11) is 0. The molecule has 0 aliphatic carbocycles. The maximum absolute atomic E-state index is 15.1.